The lowest BCUT2D eigenvalue weighted by molar-refractivity contribution is -0.00835. The summed E-state index contributed by atoms with van der Waals surface area (Å²) in [4.78, 5) is 6.73. The fourth-order valence-corrected chi connectivity index (χ4v) is 2.84. The molecule has 0 amide bonds. The molecule has 4 nitrogen and oxygen atoms in total. The summed E-state index contributed by atoms with van der Waals surface area (Å²) in [5, 5.41) is 3.45. The number of rotatable bonds is 3. The summed E-state index contributed by atoms with van der Waals surface area (Å²) in [6, 6.07) is 6.59. The Balaban J connectivity index is 2.07. The van der Waals surface area contributed by atoms with E-state index < -0.39 is 0 Å². The second-order valence-electron chi connectivity index (χ2n) is 6.49. The van der Waals surface area contributed by atoms with Gasteiger partial charge in [0, 0.05) is 20.1 Å². The zero-order valence-electron chi connectivity index (χ0n) is 14.5. The fourth-order valence-electron chi connectivity index (χ4n) is 2.84. The summed E-state index contributed by atoms with van der Waals surface area (Å²) in [7, 11) is 1.85. The number of hydrogen-bond acceptors (Lipinski definition) is 2. The van der Waals surface area contributed by atoms with Gasteiger partial charge in [0.25, 0.3) is 0 Å². The van der Waals surface area contributed by atoms with Gasteiger partial charge in [0.1, 0.15) is 6.10 Å². The first-order chi connectivity index (χ1) is 10.5. The standard InChI is InChI=1S/C18H29N3O/c1-13(2)11-20-18(19-5)21-8-9-22-17(12-21)16-7-6-14(3)10-15(16)4/h6-7,10,13,17H,8-9,11-12H2,1-5H3,(H,19,20). The maximum Gasteiger partial charge on any atom is 0.193 e. The van der Waals surface area contributed by atoms with E-state index in [1.54, 1.807) is 0 Å². The maximum absolute atomic E-state index is 6.01. The highest BCUT2D eigenvalue weighted by molar-refractivity contribution is 5.80. The first-order valence-electron chi connectivity index (χ1n) is 8.15. The highest BCUT2D eigenvalue weighted by atomic mass is 16.5. The van der Waals surface area contributed by atoms with Crippen LogP contribution >= 0.6 is 0 Å². The minimum Gasteiger partial charge on any atom is -0.370 e. The van der Waals surface area contributed by atoms with Gasteiger partial charge in [-0.25, -0.2) is 0 Å². The molecule has 1 N–H and O–H groups in total. The lowest BCUT2D eigenvalue weighted by Crippen LogP contribution is -2.48. The van der Waals surface area contributed by atoms with Gasteiger partial charge in [-0.1, -0.05) is 37.6 Å². The molecule has 1 aliphatic rings. The molecule has 1 fully saturated rings. The molecule has 1 heterocycles. The number of aliphatic imine (C=N–C) groups is 1. The molecule has 1 atom stereocenters. The highest BCUT2D eigenvalue weighted by Crippen LogP contribution is 2.25. The number of guanidine groups is 1. The Kier molecular flexibility index (Phi) is 5.83. The molecule has 0 aliphatic carbocycles. The van der Waals surface area contributed by atoms with Gasteiger partial charge in [-0.3, -0.25) is 4.99 Å². The van der Waals surface area contributed by atoms with Gasteiger partial charge < -0.3 is 15.0 Å². The van der Waals surface area contributed by atoms with Crippen LogP contribution in [0, 0.1) is 19.8 Å². The molecule has 22 heavy (non-hydrogen) atoms. The van der Waals surface area contributed by atoms with Crippen molar-refractivity contribution in [2.75, 3.05) is 33.3 Å². The van der Waals surface area contributed by atoms with Crippen LogP contribution in [0.4, 0.5) is 0 Å². The minimum absolute atomic E-state index is 0.118. The fraction of sp³-hybridized carbons (Fsp3) is 0.611. The third-order valence-electron chi connectivity index (χ3n) is 4.02. The van der Waals surface area contributed by atoms with Crippen LogP contribution in [0.5, 0.6) is 0 Å². The molecule has 4 heteroatoms. The average molecular weight is 303 g/mol. The summed E-state index contributed by atoms with van der Waals surface area (Å²) in [6.45, 7) is 12.1. The van der Waals surface area contributed by atoms with Crippen molar-refractivity contribution in [2.24, 2.45) is 10.9 Å². The zero-order valence-corrected chi connectivity index (χ0v) is 14.5. The topological polar surface area (TPSA) is 36.9 Å². The Hall–Kier alpha value is -1.55. The number of hydrogen-bond donors (Lipinski definition) is 1. The lowest BCUT2D eigenvalue weighted by Gasteiger charge is -2.36. The molecule has 122 valence electrons. The average Bonchev–Trinajstić information content (AvgIpc) is 2.48. The molecular formula is C18H29N3O. The molecule has 0 aromatic heterocycles. The number of morpholine rings is 1. The summed E-state index contributed by atoms with van der Waals surface area (Å²) < 4.78 is 6.01. The van der Waals surface area contributed by atoms with Gasteiger partial charge in [-0.05, 0) is 30.9 Å². The van der Waals surface area contributed by atoms with Crippen molar-refractivity contribution in [1.29, 1.82) is 0 Å². The number of nitrogens with zero attached hydrogens (tertiary/aromatic N) is 2. The largest absolute Gasteiger partial charge is 0.370 e. The predicted octanol–water partition coefficient (Wildman–Crippen LogP) is 2.91. The molecular weight excluding hydrogens is 274 g/mol. The summed E-state index contributed by atoms with van der Waals surface area (Å²) >= 11 is 0. The van der Waals surface area contributed by atoms with Crippen molar-refractivity contribution in [2.45, 2.75) is 33.8 Å². The van der Waals surface area contributed by atoms with Gasteiger partial charge in [0.2, 0.25) is 0 Å². The van der Waals surface area contributed by atoms with Crippen LogP contribution < -0.4 is 5.32 Å². The van der Waals surface area contributed by atoms with Crippen molar-refractivity contribution < 1.29 is 4.74 Å². The van der Waals surface area contributed by atoms with E-state index >= 15 is 0 Å². The monoisotopic (exact) mass is 303 g/mol. The maximum atomic E-state index is 6.01. The van der Waals surface area contributed by atoms with Crippen LogP contribution in [0.15, 0.2) is 23.2 Å². The first kappa shape index (κ1) is 16.8. The van der Waals surface area contributed by atoms with E-state index in [1.807, 2.05) is 7.05 Å². The minimum atomic E-state index is 0.118. The second kappa shape index (κ2) is 7.63. The molecule has 2 rings (SSSR count). The van der Waals surface area contributed by atoms with Crippen molar-refractivity contribution in [3.05, 3.63) is 34.9 Å². The summed E-state index contributed by atoms with van der Waals surface area (Å²) in [5.41, 5.74) is 3.88. The normalized spacial score (nSPS) is 19.6. The summed E-state index contributed by atoms with van der Waals surface area (Å²) in [5.74, 6) is 1.58. The predicted molar refractivity (Wildman–Crippen MR) is 92.4 cm³/mol. The molecule has 1 aromatic rings. The van der Waals surface area contributed by atoms with Gasteiger partial charge >= 0.3 is 0 Å². The third kappa shape index (κ3) is 4.23. The Morgan fingerprint density at radius 2 is 2.18 bits per heavy atom. The van der Waals surface area contributed by atoms with E-state index in [2.05, 4.69) is 61.1 Å². The van der Waals surface area contributed by atoms with Crippen LogP contribution in [-0.2, 0) is 4.74 Å². The lowest BCUT2D eigenvalue weighted by atomic mass is 10.00. The Morgan fingerprint density at radius 3 is 2.82 bits per heavy atom. The number of ether oxygens (including phenoxy) is 1. The second-order valence-corrected chi connectivity index (χ2v) is 6.49. The number of aryl methyl sites for hydroxylation is 2. The van der Waals surface area contributed by atoms with Crippen LogP contribution in [-0.4, -0.2) is 44.1 Å². The van der Waals surface area contributed by atoms with Crippen LogP contribution in [0.25, 0.3) is 0 Å². The van der Waals surface area contributed by atoms with Crippen LogP contribution in [0.3, 0.4) is 0 Å². The van der Waals surface area contributed by atoms with Gasteiger partial charge in [0.15, 0.2) is 5.96 Å². The SMILES string of the molecule is CN=C(NCC(C)C)N1CCOC(c2ccc(C)cc2C)C1. The number of benzene rings is 1. The molecule has 1 aliphatic heterocycles. The molecule has 1 unspecified atom stereocenters. The van der Waals surface area contributed by atoms with E-state index in [4.69, 9.17) is 4.74 Å². The molecule has 0 spiro atoms. The number of nitrogens with one attached hydrogen (secondary N) is 1. The van der Waals surface area contributed by atoms with E-state index in [1.165, 1.54) is 16.7 Å². The summed E-state index contributed by atoms with van der Waals surface area (Å²) in [6.07, 6.45) is 0.118. The Bertz CT molecular complexity index is 525. The quantitative estimate of drug-likeness (QED) is 0.689. The highest BCUT2D eigenvalue weighted by Gasteiger charge is 2.25. The molecule has 1 saturated heterocycles. The van der Waals surface area contributed by atoms with E-state index in [-0.39, 0.29) is 6.10 Å². The first-order valence-corrected chi connectivity index (χ1v) is 8.15. The van der Waals surface area contributed by atoms with Crippen molar-refractivity contribution in [3.63, 3.8) is 0 Å². The van der Waals surface area contributed by atoms with E-state index in [0.717, 1.165) is 32.2 Å². The van der Waals surface area contributed by atoms with Crippen LogP contribution in [0.1, 0.15) is 36.6 Å². The van der Waals surface area contributed by atoms with Gasteiger partial charge in [0.05, 0.1) is 13.2 Å². The van der Waals surface area contributed by atoms with E-state index in [0.29, 0.717) is 5.92 Å². The molecule has 0 bridgehead atoms. The van der Waals surface area contributed by atoms with Crippen LogP contribution in [0.2, 0.25) is 0 Å². The van der Waals surface area contributed by atoms with Gasteiger partial charge in [-0.2, -0.15) is 0 Å². The van der Waals surface area contributed by atoms with Crippen molar-refractivity contribution >= 4 is 5.96 Å². The van der Waals surface area contributed by atoms with Gasteiger partial charge in [-0.15, -0.1) is 0 Å². The van der Waals surface area contributed by atoms with E-state index in [9.17, 15) is 0 Å². The molecule has 0 saturated carbocycles. The third-order valence-corrected chi connectivity index (χ3v) is 4.02. The molecule has 1 aromatic carbocycles. The zero-order chi connectivity index (χ0) is 16.1. The van der Waals surface area contributed by atoms with Crippen molar-refractivity contribution in [3.8, 4) is 0 Å². The smallest absolute Gasteiger partial charge is 0.193 e. The van der Waals surface area contributed by atoms with Crippen molar-refractivity contribution in [1.82, 2.24) is 10.2 Å². The Morgan fingerprint density at radius 1 is 1.41 bits per heavy atom. The molecule has 0 radical (unpaired) electrons. The Labute approximate surface area is 134 Å².